The molecule has 0 spiro atoms. The Kier molecular flexibility index (Phi) is 4.04. The van der Waals surface area contributed by atoms with E-state index in [1.807, 2.05) is 6.92 Å². The van der Waals surface area contributed by atoms with E-state index >= 15 is 0 Å². The van der Waals surface area contributed by atoms with Gasteiger partial charge < -0.3 is 5.11 Å². The van der Waals surface area contributed by atoms with Crippen LogP contribution in [0.4, 0.5) is 0 Å². The smallest absolute Gasteiger partial charge is 0.240 e. The lowest BCUT2D eigenvalue weighted by molar-refractivity contribution is 0.101. The van der Waals surface area contributed by atoms with Gasteiger partial charge in [0.15, 0.2) is 0 Å². The average Bonchev–Trinajstić information content (AvgIpc) is 2.32. The van der Waals surface area contributed by atoms with E-state index < -0.39 is 16.1 Å². The summed E-state index contributed by atoms with van der Waals surface area (Å²) in [6, 6.07) is 6.36. The molecule has 1 aliphatic carbocycles. The number of sulfonamides is 1. The molecule has 2 rings (SSSR count). The van der Waals surface area contributed by atoms with Crippen LogP contribution in [0.2, 0.25) is 0 Å². The molecular weight excluding hydrogens is 250 g/mol. The molecule has 5 heteroatoms. The summed E-state index contributed by atoms with van der Waals surface area (Å²) in [6.45, 7) is 1.91. The zero-order chi connectivity index (χ0) is 13.2. The molecule has 18 heavy (non-hydrogen) atoms. The average molecular weight is 269 g/mol. The Hall–Kier alpha value is -0.910. The van der Waals surface area contributed by atoms with Gasteiger partial charge in [0, 0.05) is 6.04 Å². The third-order valence-electron chi connectivity index (χ3n) is 3.37. The van der Waals surface area contributed by atoms with Crippen molar-refractivity contribution in [2.75, 3.05) is 0 Å². The highest BCUT2D eigenvalue weighted by Crippen LogP contribution is 2.20. The van der Waals surface area contributed by atoms with Crippen LogP contribution in [-0.4, -0.2) is 25.7 Å². The van der Waals surface area contributed by atoms with Gasteiger partial charge in [0.1, 0.15) is 0 Å². The molecule has 0 heterocycles. The molecule has 4 nitrogen and oxygen atoms in total. The number of rotatable bonds is 3. The summed E-state index contributed by atoms with van der Waals surface area (Å²) in [5, 5.41) is 9.80. The van der Waals surface area contributed by atoms with Gasteiger partial charge in [-0.15, -0.1) is 0 Å². The monoisotopic (exact) mass is 269 g/mol. The molecule has 1 fully saturated rings. The lowest BCUT2D eigenvalue weighted by Gasteiger charge is -2.28. The van der Waals surface area contributed by atoms with Gasteiger partial charge in [0.25, 0.3) is 0 Å². The summed E-state index contributed by atoms with van der Waals surface area (Å²) < 4.78 is 26.9. The number of aliphatic hydroxyl groups excluding tert-OH is 1. The van der Waals surface area contributed by atoms with E-state index in [2.05, 4.69) is 4.72 Å². The predicted octanol–water partition coefficient (Wildman–Crippen LogP) is 1.58. The van der Waals surface area contributed by atoms with Gasteiger partial charge in [0.05, 0.1) is 11.0 Å². The van der Waals surface area contributed by atoms with Crippen molar-refractivity contribution in [1.82, 2.24) is 4.72 Å². The maximum atomic E-state index is 12.1. The molecule has 0 saturated heterocycles. The summed E-state index contributed by atoms with van der Waals surface area (Å²) >= 11 is 0. The fourth-order valence-electron chi connectivity index (χ4n) is 2.23. The van der Waals surface area contributed by atoms with Crippen LogP contribution < -0.4 is 4.72 Å². The van der Waals surface area contributed by atoms with Gasteiger partial charge in [-0.25, -0.2) is 13.1 Å². The van der Waals surface area contributed by atoms with Crippen molar-refractivity contribution in [3.63, 3.8) is 0 Å². The van der Waals surface area contributed by atoms with Crippen LogP contribution >= 0.6 is 0 Å². The third kappa shape index (κ3) is 3.10. The number of aryl methyl sites for hydroxylation is 1. The lowest BCUT2D eigenvalue weighted by atomic mass is 9.93. The van der Waals surface area contributed by atoms with Crippen LogP contribution in [0, 0.1) is 6.92 Å². The molecule has 100 valence electrons. The third-order valence-corrected chi connectivity index (χ3v) is 4.87. The second-order valence-electron chi connectivity index (χ2n) is 4.89. The number of aliphatic hydroxyl groups is 1. The second-order valence-corrected chi connectivity index (χ2v) is 6.61. The van der Waals surface area contributed by atoms with Crippen molar-refractivity contribution in [3.8, 4) is 0 Å². The van der Waals surface area contributed by atoms with Crippen LogP contribution in [0.25, 0.3) is 0 Å². The first-order chi connectivity index (χ1) is 8.49. The lowest BCUT2D eigenvalue weighted by Crippen LogP contribution is -2.44. The maximum absolute atomic E-state index is 12.1. The highest BCUT2D eigenvalue weighted by molar-refractivity contribution is 7.89. The predicted molar refractivity (Wildman–Crippen MR) is 69.8 cm³/mol. The number of hydrogen-bond acceptors (Lipinski definition) is 3. The largest absolute Gasteiger partial charge is 0.391 e. The zero-order valence-electron chi connectivity index (χ0n) is 10.5. The van der Waals surface area contributed by atoms with Gasteiger partial charge in [-0.1, -0.05) is 30.5 Å². The minimum Gasteiger partial charge on any atom is -0.391 e. The molecule has 1 aromatic carbocycles. The topological polar surface area (TPSA) is 66.4 Å². The summed E-state index contributed by atoms with van der Waals surface area (Å²) in [5.41, 5.74) is 1.02. The second kappa shape index (κ2) is 5.38. The molecule has 0 aromatic heterocycles. The van der Waals surface area contributed by atoms with Crippen molar-refractivity contribution in [2.24, 2.45) is 0 Å². The van der Waals surface area contributed by atoms with Gasteiger partial charge in [-0.3, -0.25) is 0 Å². The van der Waals surface area contributed by atoms with Crippen molar-refractivity contribution in [2.45, 2.75) is 49.6 Å². The van der Waals surface area contributed by atoms with Crippen molar-refractivity contribution < 1.29 is 13.5 Å². The Morgan fingerprint density at radius 2 is 1.78 bits per heavy atom. The van der Waals surface area contributed by atoms with Gasteiger partial charge in [0.2, 0.25) is 10.0 Å². The molecule has 0 bridgehead atoms. The van der Waals surface area contributed by atoms with Crippen LogP contribution in [-0.2, 0) is 10.0 Å². The fourth-order valence-corrected chi connectivity index (χ4v) is 3.54. The zero-order valence-corrected chi connectivity index (χ0v) is 11.3. The molecular formula is C13H19NO3S. The molecule has 0 radical (unpaired) electrons. The maximum Gasteiger partial charge on any atom is 0.240 e. The highest BCUT2D eigenvalue weighted by atomic mass is 32.2. The molecule has 0 aliphatic heterocycles. The standard InChI is InChI=1S/C13H19NO3S/c1-10-6-8-11(9-7-10)18(16,17)14-12-4-2-3-5-13(12)15/h6-9,12-15H,2-5H2,1H3/t12-,13+/m0/s1. The van der Waals surface area contributed by atoms with Gasteiger partial charge >= 0.3 is 0 Å². The summed E-state index contributed by atoms with van der Waals surface area (Å²) in [7, 11) is -3.52. The Balaban J connectivity index is 2.13. The van der Waals surface area contributed by atoms with E-state index in [-0.39, 0.29) is 10.9 Å². The fraction of sp³-hybridized carbons (Fsp3) is 0.538. The minimum absolute atomic E-state index is 0.255. The van der Waals surface area contributed by atoms with Crippen LogP contribution in [0.5, 0.6) is 0 Å². The first kappa shape index (κ1) is 13.5. The number of nitrogens with one attached hydrogen (secondary N) is 1. The first-order valence-electron chi connectivity index (χ1n) is 6.26. The van der Waals surface area contributed by atoms with Crippen molar-refractivity contribution >= 4 is 10.0 Å². The Labute approximate surface area is 108 Å². The quantitative estimate of drug-likeness (QED) is 0.875. The van der Waals surface area contributed by atoms with Crippen LogP contribution in [0.3, 0.4) is 0 Å². The number of hydrogen-bond donors (Lipinski definition) is 2. The van der Waals surface area contributed by atoms with E-state index in [4.69, 9.17) is 0 Å². The Morgan fingerprint density at radius 3 is 2.39 bits per heavy atom. The van der Waals surface area contributed by atoms with E-state index in [1.165, 1.54) is 0 Å². The van der Waals surface area contributed by atoms with E-state index in [9.17, 15) is 13.5 Å². The minimum atomic E-state index is -3.52. The molecule has 0 unspecified atom stereocenters. The van der Waals surface area contributed by atoms with Gasteiger partial charge in [-0.05, 0) is 31.9 Å². The van der Waals surface area contributed by atoms with Crippen molar-refractivity contribution in [1.29, 1.82) is 0 Å². The normalized spacial score (nSPS) is 25.0. The van der Waals surface area contributed by atoms with Crippen molar-refractivity contribution in [3.05, 3.63) is 29.8 Å². The summed E-state index contributed by atoms with van der Waals surface area (Å²) in [6.07, 6.45) is 2.72. The van der Waals surface area contributed by atoms with E-state index in [0.29, 0.717) is 12.8 Å². The summed E-state index contributed by atoms with van der Waals surface area (Å²) in [5.74, 6) is 0. The number of benzene rings is 1. The molecule has 1 aromatic rings. The molecule has 2 N–H and O–H groups in total. The Bertz CT molecular complexity index is 495. The van der Waals surface area contributed by atoms with E-state index in [0.717, 1.165) is 18.4 Å². The highest BCUT2D eigenvalue weighted by Gasteiger charge is 2.27. The SMILES string of the molecule is Cc1ccc(S(=O)(=O)N[C@H]2CCCC[C@H]2O)cc1. The molecule has 0 amide bonds. The molecule has 1 aliphatic rings. The van der Waals surface area contributed by atoms with E-state index in [1.54, 1.807) is 24.3 Å². The molecule has 1 saturated carbocycles. The summed E-state index contributed by atoms with van der Waals surface area (Å²) in [4.78, 5) is 0.255. The van der Waals surface area contributed by atoms with Crippen LogP contribution in [0.1, 0.15) is 31.2 Å². The van der Waals surface area contributed by atoms with Gasteiger partial charge in [-0.2, -0.15) is 0 Å². The molecule has 2 atom stereocenters. The first-order valence-corrected chi connectivity index (χ1v) is 7.74. The Morgan fingerprint density at radius 1 is 1.17 bits per heavy atom. The van der Waals surface area contributed by atoms with Crippen LogP contribution in [0.15, 0.2) is 29.2 Å².